The van der Waals surface area contributed by atoms with E-state index in [1.807, 2.05) is 30.3 Å². The first kappa shape index (κ1) is 10.0. The molecule has 2 heteroatoms. The van der Waals surface area contributed by atoms with Crippen molar-refractivity contribution in [1.82, 2.24) is 0 Å². The fourth-order valence-corrected chi connectivity index (χ4v) is 1.22. The highest BCUT2D eigenvalue weighted by Crippen LogP contribution is 2.07. The number of hydrogen-bond donors (Lipinski definition) is 0. The van der Waals surface area contributed by atoms with Crippen LogP contribution in [0.5, 0.6) is 0 Å². The van der Waals surface area contributed by atoms with Crippen molar-refractivity contribution in [1.29, 1.82) is 0 Å². The quantitative estimate of drug-likeness (QED) is 0.532. The van der Waals surface area contributed by atoms with Crippen LogP contribution >= 0.6 is 11.6 Å². The predicted molar refractivity (Wildman–Crippen MR) is 55.0 cm³/mol. The van der Waals surface area contributed by atoms with E-state index in [0.29, 0.717) is 12.0 Å². The molecule has 0 spiro atoms. The zero-order chi connectivity index (χ0) is 9.68. The maximum atomic E-state index is 11.1. The van der Waals surface area contributed by atoms with Crippen LogP contribution in [0.1, 0.15) is 5.56 Å². The molecule has 0 heterocycles. The van der Waals surface area contributed by atoms with E-state index in [9.17, 15) is 4.79 Å². The van der Waals surface area contributed by atoms with Gasteiger partial charge in [0.1, 0.15) is 0 Å². The van der Waals surface area contributed by atoms with E-state index in [1.54, 1.807) is 0 Å². The number of halogens is 1. The van der Waals surface area contributed by atoms with Gasteiger partial charge in [0.05, 0.1) is 5.88 Å². The molecule has 0 radical (unpaired) electrons. The summed E-state index contributed by atoms with van der Waals surface area (Å²) in [4.78, 5) is 11.1. The zero-order valence-corrected chi connectivity index (χ0v) is 8.05. The standard InChI is InChI=1S/C11H11ClO/c1-9(11(13)8-12)7-10-5-3-2-4-6-10/h2-6H,1,7-8H2. The summed E-state index contributed by atoms with van der Waals surface area (Å²) >= 11 is 5.40. The fourth-order valence-electron chi connectivity index (χ4n) is 1.04. The predicted octanol–water partition coefficient (Wildman–Crippen LogP) is 2.59. The summed E-state index contributed by atoms with van der Waals surface area (Å²) in [6.45, 7) is 3.69. The molecule has 0 unspecified atom stereocenters. The number of rotatable bonds is 4. The Morgan fingerprint density at radius 3 is 2.46 bits per heavy atom. The summed E-state index contributed by atoms with van der Waals surface area (Å²) in [6, 6.07) is 9.75. The Kier molecular flexibility index (Phi) is 3.71. The maximum Gasteiger partial charge on any atom is 0.173 e. The van der Waals surface area contributed by atoms with Crippen molar-refractivity contribution in [3.8, 4) is 0 Å². The number of carbonyl (C=O) groups excluding carboxylic acids is 1. The van der Waals surface area contributed by atoms with Gasteiger partial charge >= 0.3 is 0 Å². The summed E-state index contributed by atoms with van der Waals surface area (Å²) < 4.78 is 0. The van der Waals surface area contributed by atoms with Crippen molar-refractivity contribution < 1.29 is 4.79 Å². The van der Waals surface area contributed by atoms with E-state index in [1.165, 1.54) is 0 Å². The maximum absolute atomic E-state index is 11.1. The second-order valence-corrected chi connectivity index (χ2v) is 3.09. The minimum atomic E-state index is -0.0782. The lowest BCUT2D eigenvalue weighted by molar-refractivity contribution is -0.113. The van der Waals surface area contributed by atoms with Gasteiger partial charge in [0.15, 0.2) is 5.78 Å². The van der Waals surface area contributed by atoms with Crippen LogP contribution in [0, 0.1) is 0 Å². The molecule has 1 rings (SSSR count). The van der Waals surface area contributed by atoms with Crippen molar-refractivity contribution in [3.63, 3.8) is 0 Å². The molecule has 68 valence electrons. The van der Waals surface area contributed by atoms with Gasteiger partial charge in [-0.3, -0.25) is 4.79 Å². The smallest absolute Gasteiger partial charge is 0.173 e. The fraction of sp³-hybridized carbons (Fsp3) is 0.182. The van der Waals surface area contributed by atoms with Crippen LogP contribution in [0.15, 0.2) is 42.5 Å². The van der Waals surface area contributed by atoms with Crippen LogP contribution in [0.4, 0.5) is 0 Å². The van der Waals surface area contributed by atoms with E-state index in [0.717, 1.165) is 5.56 Å². The molecule has 0 saturated carbocycles. The molecule has 13 heavy (non-hydrogen) atoms. The molecule has 0 N–H and O–H groups in total. The number of allylic oxidation sites excluding steroid dienone is 1. The van der Waals surface area contributed by atoms with E-state index < -0.39 is 0 Å². The van der Waals surface area contributed by atoms with E-state index >= 15 is 0 Å². The Balaban J connectivity index is 2.60. The van der Waals surface area contributed by atoms with Gasteiger partial charge in [-0.25, -0.2) is 0 Å². The van der Waals surface area contributed by atoms with Crippen LogP contribution in [0.3, 0.4) is 0 Å². The zero-order valence-electron chi connectivity index (χ0n) is 7.29. The number of alkyl halides is 1. The molecule has 0 aliphatic carbocycles. The van der Waals surface area contributed by atoms with E-state index in [-0.39, 0.29) is 11.7 Å². The van der Waals surface area contributed by atoms with Crippen molar-refractivity contribution >= 4 is 17.4 Å². The topological polar surface area (TPSA) is 17.1 Å². The number of hydrogen-bond acceptors (Lipinski definition) is 1. The lowest BCUT2D eigenvalue weighted by Gasteiger charge is -2.01. The highest BCUT2D eigenvalue weighted by Gasteiger charge is 2.05. The van der Waals surface area contributed by atoms with Crippen LogP contribution in [-0.2, 0) is 11.2 Å². The third-order valence-corrected chi connectivity index (χ3v) is 2.02. The highest BCUT2D eigenvalue weighted by atomic mass is 35.5. The molecule has 0 bridgehead atoms. The van der Waals surface area contributed by atoms with Gasteiger partial charge in [-0.15, -0.1) is 11.6 Å². The number of Topliss-reactive ketones (excluding diaryl/α,β-unsaturated/α-hetero) is 1. The summed E-state index contributed by atoms with van der Waals surface area (Å²) in [5.41, 5.74) is 1.66. The highest BCUT2D eigenvalue weighted by molar-refractivity contribution is 6.30. The average molecular weight is 195 g/mol. The Labute approximate surface area is 83.0 Å². The molecule has 0 saturated heterocycles. The normalized spacial score (nSPS) is 9.62. The molecule has 1 nitrogen and oxygen atoms in total. The van der Waals surface area contributed by atoms with Crippen LogP contribution in [0.25, 0.3) is 0 Å². The summed E-state index contributed by atoms with van der Waals surface area (Å²) in [6.07, 6.45) is 0.590. The first-order valence-electron chi connectivity index (χ1n) is 4.05. The van der Waals surface area contributed by atoms with Gasteiger partial charge in [0.2, 0.25) is 0 Å². The summed E-state index contributed by atoms with van der Waals surface area (Å²) in [5.74, 6) is -0.0587. The number of ketones is 1. The Hall–Kier alpha value is -1.08. The third kappa shape index (κ3) is 3.03. The van der Waals surface area contributed by atoms with E-state index in [2.05, 4.69) is 6.58 Å². The first-order valence-corrected chi connectivity index (χ1v) is 4.58. The summed E-state index contributed by atoms with van der Waals surface area (Å²) in [5, 5.41) is 0. The molecule has 1 aromatic carbocycles. The molecule has 0 fully saturated rings. The second-order valence-electron chi connectivity index (χ2n) is 2.82. The number of benzene rings is 1. The van der Waals surface area contributed by atoms with Gasteiger partial charge in [0.25, 0.3) is 0 Å². The summed E-state index contributed by atoms with van der Waals surface area (Å²) in [7, 11) is 0. The number of carbonyl (C=O) groups is 1. The van der Waals surface area contributed by atoms with E-state index in [4.69, 9.17) is 11.6 Å². The molecule has 0 atom stereocenters. The third-order valence-electron chi connectivity index (χ3n) is 1.78. The second kappa shape index (κ2) is 4.83. The van der Waals surface area contributed by atoms with Crippen LogP contribution in [-0.4, -0.2) is 11.7 Å². The van der Waals surface area contributed by atoms with Gasteiger partial charge < -0.3 is 0 Å². The lowest BCUT2D eigenvalue weighted by atomic mass is 10.0. The van der Waals surface area contributed by atoms with Gasteiger partial charge in [-0.2, -0.15) is 0 Å². The van der Waals surface area contributed by atoms with Crippen LogP contribution < -0.4 is 0 Å². The Morgan fingerprint density at radius 2 is 1.92 bits per heavy atom. The van der Waals surface area contributed by atoms with Crippen LogP contribution in [0.2, 0.25) is 0 Å². The largest absolute Gasteiger partial charge is 0.293 e. The van der Waals surface area contributed by atoms with Crippen molar-refractivity contribution in [2.24, 2.45) is 0 Å². The Bertz CT molecular complexity index is 303. The van der Waals surface area contributed by atoms with Crippen molar-refractivity contribution in [3.05, 3.63) is 48.0 Å². The molecular formula is C11H11ClO. The van der Waals surface area contributed by atoms with Gasteiger partial charge in [0, 0.05) is 6.42 Å². The first-order chi connectivity index (χ1) is 6.24. The minimum absolute atomic E-state index is 0.0195. The monoisotopic (exact) mass is 194 g/mol. The van der Waals surface area contributed by atoms with Gasteiger partial charge in [-0.05, 0) is 11.1 Å². The molecule has 1 aromatic rings. The minimum Gasteiger partial charge on any atom is -0.293 e. The van der Waals surface area contributed by atoms with Crippen molar-refractivity contribution in [2.45, 2.75) is 6.42 Å². The lowest BCUT2D eigenvalue weighted by Crippen LogP contribution is -2.05. The van der Waals surface area contributed by atoms with Crippen molar-refractivity contribution in [2.75, 3.05) is 5.88 Å². The Morgan fingerprint density at radius 1 is 1.31 bits per heavy atom. The molecule has 0 amide bonds. The SMILES string of the molecule is C=C(Cc1ccccc1)C(=O)CCl. The molecule has 0 aromatic heterocycles. The van der Waals surface area contributed by atoms with Gasteiger partial charge in [-0.1, -0.05) is 36.9 Å². The molecule has 0 aliphatic heterocycles. The molecular weight excluding hydrogens is 184 g/mol. The molecule has 0 aliphatic rings. The average Bonchev–Trinajstić information content (AvgIpc) is 2.18.